The number of aromatic nitrogens is 3. The van der Waals surface area contributed by atoms with E-state index in [-0.39, 0.29) is 0 Å². The van der Waals surface area contributed by atoms with Gasteiger partial charge in [-0.25, -0.2) is 4.98 Å². The molecule has 1 aromatic carbocycles. The van der Waals surface area contributed by atoms with Crippen LogP contribution in [0.15, 0.2) is 35.7 Å². The van der Waals surface area contributed by atoms with E-state index in [0.717, 1.165) is 16.9 Å². The van der Waals surface area contributed by atoms with Crippen molar-refractivity contribution < 1.29 is 0 Å². The Morgan fingerprint density at radius 2 is 1.94 bits per heavy atom. The molecule has 0 bridgehead atoms. The molecule has 0 radical (unpaired) electrons. The monoisotopic (exact) mass is 253 g/mol. The van der Waals surface area contributed by atoms with Crippen molar-refractivity contribution in [3.05, 3.63) is 52.7 Å². The molecule has 0 unspecified atom stereocenters. The summed E-state index contributed by atoms with van der Waals surface area (Å²) in [5.41, 5.74) is 4.06. The molecule has 0 saturated carbocycles. The Morgan fingerprint density at radius 3 is 2.78 bits per heavy atom. The van der Waals surface area contributed by atoms with Gasteiger partial charge < -0.3 is 0 Å². The SMILES string of the molecule is Cc1ccc2nc(C=Cc3csnn3)ccc2c1. The lowest BCUT2D eigenvalue weighted by atomic mass is 10.1. The molecular formula is C14H11N3S. The highest BCUT2D eigenvalue weighted by Crippen LogP contribution is 2.15. The number of nitrogens with zero attached hydrogens (tertiary/aromatic N) is 3. The van der Waals surface area contributed by atoms with Gasteiger partial charge in [0.25, 0.3) is 0 Å². The number of rotatable bonds is 2. The van der Waals surface area contributed by atoms with Gasteiger partial charge in [0.15, 0.2) is 0 Å². The molecule has 4 heteroatoms. The molecule has 2 aromatic heterocycles. The Morgan fingerprint density at radius 1 is 1.06 bits per heavy atom. The summed E-state index contributed by atoms with van der Waals surface area (Å²) in [6.45, 7) is 2.09. The Kier molecular flexibility index (Phi) is 2.86. The van der Waals surface area contributed by atoms with Crippen LogP contribution in [0, 0.1) is 6.92 Å². The predicted octanol–water partition coefficient (Wildman–Crippen LogP) is 3.57. The molecule has 0 saturated heterocycles. The number of hydrogen-bond donors (Lipinski definition) is 0. The summed E-state index contributed by atoms with van der Waals surface area (Å²) in [6.07, 6.45) is 3.88. The fraction of sp³-hybridized carbons (Fsp3) is 0.0714. The highest BCUT2D eigenvalue weighted by atomic mass is 32.1. The van der Waals surface area contributed by atoms with Crippen LogP contribution < -0.4 is 0 Å². The molecule has 0 aliphatic carbocycles. The zero-order valence-electron chi connectivity index (χ0n) is 9.87. The quantitative estimate of drug-likeness (QED) is 0.701. The topological polar surface area (TPSA) is 38.7 Å². The average molecular weight is 253 g/mol. The van der Waals surface area contributed by atoms with Crippen LogP contribution in [0.25, 0.3) is 23.1 Å². The van der Waals surface area contributed by atoms with E-state index >= 15 is 0 Å². The maximum absolute atomic E-state index is 4.58. The van der Waals surface area contributed by atoms with Crippen molar-refractivity contribution in [1.29, 1.82) is 0 Å². The molecule has 0 fully saturated rings. The van der Waals surface area contributed by atoms with Gasteiger partial charge in [0, 0.05) is 10.8 Å². The molecule has 2 heterocycles. The fourth-order valence-electron chi connectivity index (χ4n) is 1.77. The van der Waals surface area contributed by atoms with Gasteiger partial charge in [-0.2, -0.15) is 0 Å². The second-order valence-corrected chi connectivity index (χ2v) is 4.71. The highest BCUT2D eigenvalue weighted by Gasteiger charge is 1.97. The normalized spacial score (nSPS) is 11.4. The van der Waals surface area contributed by atoms with Crippen molar-refractivity contribution in [3.8, 4) is 0 Å². The lowest BCUT2D eigenvalue weighted by molar-refractivity contribution is 1.14. The van der Waals surface area contributed by atoms with Gasteiger partial charge in [-0.05, 0) is 48.8 Å². The predicted molar refractivity (Wildman–Crippen MR) is 75.3 cm³/mol. The molecule has 0 N–H and O–H groups in total. The second-order valence-electron chi connectivity index (χ2n) is 4.10. The zero-order valence-corrected chi connectivity index (χ0v) is 10.7. The van der Waals surface area contributed by atoms with E-state index in [1.54, 1.807) is 0 Å². The Balaban J connectivity index is 1.96. The third-order valence-electron chi connectivity index (χ3n) is 2.67. The van der Waals surface area contributed by atoms with Crippen LogP contribution >= 0.6 is 11.5 Å². The summed E-state index contributed by atoms with van der Waals surface area (Å²) in [5, 5.41) is 7.03. The summed E-state index contributed by atoms with van der Waals surface area (Å²) in [7, 11) is 0. The molecule has 0 amide bonds. The van der Waals surface area contributed by atoms with Crippen molar-refractivity contribution >= 4 is 34.6 Å². The standard InChI is InChI=1S/C14H11N3S/c1-10-2-7-14-11(8-10)3-4-12(15-14)5-6-13-9-18-17-16-13/h2-9H,1H3. The van der Waals surface area contributed by atoms with Crippen molar-refractivity contribution in [3.63, 3.8) is 0 Å². The molecule has 3 aromatic rings. The Labute approximate surface area is 109 Å². The first-order valence-corrected chi connectivity index (χ1v) is 6.47. The van der Waals surface area contributed by atoms with Gasteiger partial charge in [0.05, 0.1) is 16.9 Å². The van der Waals surface area contributed by atoms with Crippen LogP contribution in [0.5, 0.6) is 0 Å². The largest absolute Gasteiger partial charge is 0.248 e. The van der Waals surface area contributed by atoms with Crippen LogP contribution in [0.2, 0.25) is 0 Å². The first-order valence-electron chi connectivity index (χ1n) is 5.64. The molecule has 0 spiro atoms. The van der Waals surface area contributed by atoms with Crippen LogP contribution in [0.1, 0.15) is 17.0 Å². The van der Waals surface area contributed by atoms with Crippen LogP contribution in [0.3, 0.4) is 0 Å². The minimum absolute atomic E-state index is 0.866. The first kappa shape index (κ1) is 11.0. The maximum Gasteiger partial charge on any atom is 0.0982 e. The van der Waals surface area contributed by atoms with E-state index in [1.807, 2.05) is 29.7 Å². The third-order valence-corrected chi connectivity index (χ3v) is 3.19. The van der Waals surface area contributed by atoms with Crippen molar-refractivity contribution in [2.45, 2.75) is 6.92 Å². The summed E-state index contributed by atoms with van der Waals surface area (Å²) < 4.78 is 3.81. The van der Waals surface area contributed by atoms with Gasteiger partial charge in [-0.1, -0.05) is 22.2 Å². The molecule has 0 atom stereocenters. The van der Waals surface area contributed by atoms with Gasteiger partial charge in [-0.3, -0.25) is 0 Å². The van der Waals surface area contributed by atoms with Crippen molar-refractivity contribution in [2.75, 3.05) is 0 Å². The zero-order chi connectivity index (χ0) is 12.4. The fourth-order valence-corrected chi connectivity index (χ4v) is 2.19. The minimum atomic E-state index is 0.866. The lowest BCUT2D eigenvalue weighted by Gasteiger charge is -2.00. The van der Waals surface area contributed by atoms with Gasteiger partial charge >= 0.3 is 0 Å². The molecule has 0 aliphatic heterocycles. The second kappa shape index (κ2) is 4.66. The van der Waals surface area contributed by atoms with Crippen molar-refractivity contribution in [2.24, 2.45) is 0 Å². The smallest absolute Gasteiger partial charge is 0.0982 e. The highest BCUT2D eigenvalue weighted by molar-refractivity contribution is 7.03. The van der Waals surface area contributed by atoms with E-state index < -0.39 is 0 Å². The molecule has 88 valence electrons. The summed E-state index contributed by atoms with van der Waals surface area (Å²) >= 11 is 1.35. The van der Waals surface area contributed by atoms with E-state index in [0.29, 0.717) is 0 Å². The Hall–Kier alpha value is -2.07. The summed E-state index contributed by atoms with van der Waals surface area (Å²) in [5.74, 6) is 0. The number of pyridine rings is 1. The Bertz CT molecular complexity index is 702. The van der Waals surface area contributed by atoms with E-state index in [4.69, 9.17) is 0 Å². The minimum Gasteiger partial charge on any atom is -0.248 e. The molecule has 0 aliphatic rings. The first-order chi connectivity index (χ1) is 8.81. The number of aryl methyl sites for hydroxylation is 1. The van der Waals surface area contributed by atoms with E-state index in [9.17, 15) is 0 Å². The third kappa shape index (κ3) is 2.28. The lowest BCUT2D eigenvalue weighted by Crippen LogP contribution is -1.84. The van der Waals surface area contributed by atoms with Crippen LogP contribution in [0.4, 0.5) is 0 Å². The van der Waals surface area contributed by atoms with E-state index in [2.05, 4.69) is 39.7 Å². The maximum atomic E-state index is 4.58. The van der Waals surface area contributed by atoms with Gasteiger partial charge in [0.1, 0.15) is 0 Å². The van der Waals surface area contributed by atoms with Crippen molar-refractivity contribution in [1.82, 2.24) is 14.6 Å². The number of fused-ring (bicyclic) bond motifs is 1. The molecule has 3 rings (SSSR count). The molecule has 3 nitrogen and oxygen atoms in total. The van der Waals surface area contributed by atoms with Crippen LogP contribution in [-0.4, -0.2) is 14.6 Å². The van der Waals surface area contributed by atoms with Gasteiger partial charge in [-0.15, -0.1) is 5.10 Å². The molecule has 18 heavy (non-hydrogen) atoms. The van der Waals surface area contributed by atoms with E-state index in [1.165, 1.54) is 22.5 Å². The number of benzene rings is 1. The molecular weight excluding hydrogens is 242 g/mol. The van der Waals surface area contributed by atoms with Crippen LogP contribution in [-0.2, 0) is 0 Å². The van der Waals surface area contributed by atoms with Gasteiger partial charge in [0.2, 0.25) is 0 Å². The summed E-state index contributed by atoms with van der Waals surface area (Å²) in [4.78, 5) is 4.58. The number of hydrogen-bond acceptors (Lipinski definition) is 4. The average Bonchev–Trinajstić information content (AvgIpc) is 2.89. The summed E-state index contributed by atoms with van der Waals surface area (Å²) in [6, 6.07) is 10.4.